The van der Waals surface area contributed by atoms with Gasteiger partial charge in [-0.3, -0.25) is 4.79 Å². The van der Waals surface area contributed by atoms with E-state index in [0.29, 0.717) is 22.2 Å². The Morgan fingerprint density at radius 1 is 1.27 bits per heavy atom. The first-order chi connectivity index (χ1) is 10.5. The molecular formula is C15H14ClN5O. The summed E-state index contributed by atoms with van der Waals surface area (Å²) in [7, 11) is 0. The summed E-state index contributed by atoms with van der Waals surface area (Å²) in [6, 6.07) is 8.70. The van der Waals surface area contributed by atoms with Crippen LogP contribution in [-0.2, 0) is 6.54 Å². The van der Waals surface area contributed by atoms with Crippen LogP contribution in [0.1, 0.15) is 27.6 Å². The van der Waals surface area contributed by atoms with Gasteiger partial charge in [-0.1, -0.05) is 17.7 Å². The van der Waals surface area contributed by atoms with Crippen LogP contribution in [0.5, 0.6) is 0 Å². The maximum atomic E-state index is 12.1. The van der Waals surface area contributed by atoms with Gasteiger partial charge in [0.05, 0.1) is 6.54 Å². The number of aryl methyl sites for hydroxylation is 2. The van der Waals surface area contributed by atoms with Gasteiger partial charge in [0.25, 0.3) is 11.7 Å². The molecule has 7 heteroatoms. The molecule has 0 aliphatic rings. The van der Waals surface area contributed by atoms with Crippen LogP contribution in [0.3, 0.4) is 0 Å². The van der Waals surface area contributed by atoms with E-state index < -0.39 is 0 Å². The summed E-state index contributed by atoms with van der Waals surface area (Å²) in [6.07, 6.45) is 0. The topological polar surface area (TPSA) is 72.2 Å². The smallest absolute Gasteiger partial charge is 0.252 e. The Balaban J connectivity index is 1.76. The third kappa shape index (κ3) is 2.92. The number of halogens is 1. The fraction of sp³-hybridized carbons (Fsp3) is 0.200. The molecule has 0 atom stereocenters. The molecule has 6 nitrogen and oxygen atoms in total. The van der Waals surface area contributed by atoms with Crippen molar-refractivity contribution in [2.24, 2.45) is 0 Å². The van der Waals surface area contributed by atoms with E-state index in [4.69, 9.17) is 11.6 Å². The molecule has 0 saturated carbocycles. The number of amides is 1. The minimum atomic E-state index is -0.220. The zero-order valence-corrected chi connectivity index (χ0v) is 12.9. The lowest BCUT2D eigenvalue weighted by atomic mass is 10.2. The Hall–Kier alpha value is -2.47. The van der Waals surface area contributed by atoms with E-state index in [1.54, 1.807) is 28.8 Å². The summed E-state index contributed by atoms with van der Waals surface area (Å²) in [5.41, 5.74) is 2.33. The SMILES string of the molecule is Cc1cc(C)n2nc(CNC(=O)c3cccc(Cl)c3)nc2n1. The minimum absolute atomic E-state index is 0.220. The molecule has 22 heavy (non-hydrogen) atoms. The average Bonchev–Trinajstić information content (AvgIpc) is 2.88. The first-order valence-electron chi connectivity index (χ1n) is 6.76. The number of hydrogen-bond acceptors (Lipinski definition) is 4. The molecule has 2 heterocycles. The Bertz CT molecular complexity index is 858. The van der Waals surface area contributed by atoms with Gasteiger partial charge in [0.15, 0.2) is 5.82 Å². The first-order valence-corrected chi connectivity index (χ1v) is 7.14. The van der Waals surface area contributed by atoms with Gasteiger partial charge in [0.2, 0.25) is 0 Å². The molecular weight excluding hydrogens is 302 g/mol. The number of nitrogens with one attached hydrogen (secondary N) is 1. The molecule has 0 radical (unpaired) electrons. The summed E-state index contributed by atoms with van der Waals surface area (Å²) in [5.74, 6) is 0.823. The minimum Gasteiger partial charge on any atom is -0.345 e. The zero-order chi connectivity index (χ0) is 15.7. The highest BCUT2D eigenvalue weighted by Gasteiger charge is 2.10. The van der Waals surface area contributed by atoms with Gasteiger partial charge in [0.1, 0.15) is 0 Å². The quantitative estimate of drug-likeness (QED) is 0.805. The second kappa shape index (κ2) is 5.73. The second-order valence-electron chi connectivity index (χ2n) is 4.97. The number of carbonyl (C=O) groups excluding carboxylic acids is 1. The molecule has 112 valence electrons. The fourth-order valence-electron chi connectivity index (χ4n) is 2.17. The van der Waals surface area contributed by atoms with E-state index in [9.17, 15) is 4.79 Å². The van der Waals surface area contributed by atoms with Crippen molar-refractivity contribution < 1.29 is 4.79 Å². The molecule has 0 aliphatic heterocycles. The molecule has 1 aromatic carbocycles. The lowest BCUT2D eigenvalue weighted by molar-refractivity contribution is 0.0950. The Labute approximate surface area is 132 Å². The van der Waals surface area contributed by atoms with Crippen molar-refractivity contribution in [3.8, 4) is 0 Å². The molecule has 3 aromatic rings. The van der Waals surface area contributed by atoms with Crippen LogP contribution >= 0.6 is 11.6 Å². The number of benzene rings is 1. The third-order valence-electron chi connectivity index (χ3n) is 3.16. The Morgan fingerprint density at radius 2 is 2.09 bits per heavy atom. The number of hydrogen-bond donors (Lipinski definition) is 1. The van der Waals surface area contributed by atoms with Gasteiger partial charge in [-0.15, -0.1) is 5.10 Å². The molecule has 0 saturated heterocycles. The molecule has 0 unspecified atom stereocenters. The summed E-state index contributed by atoms with van der Waals surface area (Å²) in [4.78, 5) is 20.7. The van der Waals surface area contributed by atoms with Gasteiger partial charge in [-0.2, -0.15) is 4.98 Å². The lowest BCUT2D eigenvalue weighted by Crippen LogP contribution is -2.23. The molecule has 0 aliphatic carbocycles. The van der Waals surface area contributed by atoms with Gasteiger partial charge >= 0.3 is 0 Å². The molecule has 0 fully saturated rings. The van der Waals surface area contributed by atoms with Gasteiger partial charge < -0.3 is 5.32 Å². The van der Waals surface area contributed by atoms with E-state index in [2.05, 4.69) is 20.4 Å². The van der Waals surface area contributed by atoms with E-state index >= 15 is 0 Å². The van der Waals surface area contributed by atoms with E-state index in [-0.39, 0.29) is 12.5 Å². The van der Waals surface area contributed by atoms with Crippen molar-refractivity contribution in [3.63, 3.8) is 0 Å². The van der Waals surface area contributed by atoms with E-state index in [0.717, 1.165) is 11.4 Å². The summed E-state index contributed by atoms with van der Waals surface area (Å²) in [6.45, 7) is 4.07. The van der Waals surface area contributed by atoms with Crippen LogP contribution in [0.4, 0.5) is 0 Å². The highest BCUT2D eigenvalue weighted by atomic mass is 35.5. The zero-order valence-electron chi connectivity index (χ0n) is 12.2. The van der Waals surface area contributed by atoms with Crippen molar-refractivity contribution in [2.45, 2.75) is 20.4 Å². The van der Waals surface area contributed by atoms with Crippen LogP contribution in [0, 0.1) is 13.8 Å². The largest absolute Gasteiger partial charge is 0.345 e. The lowest BCUT2D eigenvalue weighted by Gasteiger charge is -2.02. The summed E-state index contributed by atoms with van der Waals surface area (Å²) < 4.78 is 1.66. The van der Waals surface area contributed by atoms with Crippen molar-refractivity contribution in [1.29, 1.82) is 0 Å². The predicted octanol–water partition coefficient (Wildman–Crippen LogP) is 2.32. The number of fused-ring (bicyclic) bond motifs is 1. The Morgan fingerprint density at radius 3 is 2.86 bits per heavy atom. The normalized spacial score (nSPS) is 10.9. The first kappa shape index (κ1) is 14.5. The van der Waals surface area contributed by atoms with Gasteiger partial charge in [-0.05, 0) is 38.1 Å². The highest BCUT2D eigenvalue weighted by molar-refractivity contribution is 6.30. The van der Waals surface area contributed by atoms with Crippen molar-refractivity contribution in [2.75, 3.05) is 0 Å². The number of aromatic nitrogens is 4. The molecule has 3 rings (SSSR count). The van der Waals surface area contributed by atoms with Crippen LogP contribution < -0.4 is 5.32 Å². The van der Waals surface area contributed by atoms with Crippen LogP contribution in [0.25, 0.3) is 5.78 Å². The fourth-order valence-corrected chi connectivity index (χ4v) is 2.36. The third-order valence-corrected chi connectivity index (χ3v) is 3.39. The molecule has 2 aromatic heterocycles. The Kier molecular flexibility index (Phi) is 3.77. The number of carbonyl (C=O) groups is 1. The molecule has 0 spiro atoms. The van der Waals surface area contributed by atoms with E-state index in [1.807, 2.05) is 19.9 Å². The second-order valence-corrected chi connectivity index (χ2v) is 5.41. The standard InChI is InChI=1S/C15H14ClN5O/c1-9-6-10(2)21-15(18-9)19-13(20-21)8-17-14(22)11-4-3-5-12(16)7-11/h3-7H,8H2,1-2H3,(H,17,22). The van der Waals surface area contributed by atoms with Crippen LogP contribution in [0.2, 0.25) is 5.02 Å². The monoisotopic (exact) mass is 315 g/mol. The van der Waals surface area contributed by atoms with E-state index in [1.165, 1.54) is 0 Å². The van der Waals surface area contributed by atoms with Crippen LogP contribution in [-0.4, -0.2) is 25.5 Å². The van der Waals surface area contributed by atoms with Crippen LogP contribution in [0.15, 0.2) is 30.3 Å². The molecule has 1 N–H and O–H groups in total. The van der Waals surface area contributed by atoms with Crippen molar-refractivity contribution >= 4 is 23.3 Å². The van der Waals surface area contributed by atoms with Crippen molar-refractivity contribution in [1.82, 2.24) is 24.9 Å². The molecule has 1 amide bonds. The summed E-state index contributed by atoms with van der Waals surface area (Å²) in [5, 5.41) is 7.63. The highest BCUT2D eigenvalue weighted by Crippen LogP contribution is 2.10. The number of rotatable bonds is 3. The molecule has 0 bridgehead atoms. The van der Waals surface area contributed by atoms with Crippen molar-refractivity contribution in [3.05, 3.63) is 58.1 Å². The maximum Gasteiger partial charge on any atom is 0.252 e. The maximum absolute atomic E-state index is 12.1. The predicted molar refractivity (Wildman–Crippen MR) is 82.9 cm³/mol. The summed E-state index contributed by atoms with van der Waals surface area (Å²) >= 11 is 5.88. The van der Waals surface area contributed by atoms with Gasteiger partial charge in [0, 0.05) is 22.0 Å². The van der Waals surface area contributed by atoms with Gasteiger partial charge in [-0.25, -0.2) is 9.50 Å². The number of nitrogens with zero attached hydrogens (tertiary/aromatic N) is 4. The average molecular weight is 316 g/mol.